The van der Waals surface area contributed by atoms with Gasteiger partial charge in [0.1, 0.15) is 17.1 Å². The predicted octanol–water partition coefficient (Wildman–Crippen LogP) is 5.20. The first kappa shape index (κ1) is 15.5. The Morgan fingerprint density at radius 1 is 0.840 bits per heavy atom. The van der Waals surface area contributed by atoms with Crippen molar-refractivity contribution >= 4 is 11.0 Å². The Morgan fingerprint density at radius 3 is 2.36 bits per heavy atom. The van der Waals surface area contributed by atoms with Gasteiger partial charge >= 0.3 is 0 Å². The highest BCUT2D eigenvalue weighted by atomic mass is 16.3. The van der Waals surface area contributed by atoms with Gasteiger partial charge in [-0.1, -0.05) is 24.3 Å². The summed E-state index contributed by atoms with van der Waals surface area (Å²) >= 11 is 0. The molecule has 3 nitrogen and oxygen atoms in total. The van der Waals surface area contributed by atoms with E-state index in [4.69, 9.17) is 4.42 Å². The maximum atomic E-state index is 12.1. The molecule has 0 fully saturated rings. The number of hydrogen-bond donors (Lipinski definition) is 1. The highest BCUT2D eigenvalue weighted by molar-refractivity contribution is 6.04. The van der Waals surface area contributed by atoms with E-state index in [1.165, 1.54) is 0 Å². The second-order valence-electron chi connectivity index (χ2n) is 6.44. The van der Waals surface area contributed by atoms with E-state index >= 15 is 0 Å². The molecule has 124 valence electrons. The first-order chi connectivity index (χ1) is 12.0. The number of phenols is 1. The Bertz CT molecular complexity index is 1150. The van der Waals surface area contributed by atoms with E-state index in [0.29, 0.717) is 22.5 Å². The molecule has 1 aliphatic carbocycles. The van der Waals surface area contributed by atoms with Crippen molar-refractivity contribution in [3.8, 4) is 28.2 Å². The quantitative estimate of drug-likeness (QED) is 0.488. The van der Waals surface area contributed by atoms with Crippen LogP contribution in [0.25, 0.3) is 33.4 Å². The highest BCUT2D eigenvalue weighted by Crippen LogP contribution is 2.43. The van der Waals surface area contributed by atoms with Gasteiger partial charge in [-0.15, -0.1) is 0 Å². The number of rotatable bonds is 1. The second kappa shape index (κ2) is 5.49. The fourth-order valence-electron chi connectivity index (χ4n) is 3.40. The smallest absolute Gasteiger partial charge is 0.185 e. The number of phenolic OH excluding ortho intramolecular Hbond substituents is 1. The summed E-state index contributed by atoms with van der Waals surface area (Å²) in [4.78, 5) is 12.1. The zero-order valence-electron chi connectivity index (χ0n) is 14.4. The molecule has 0 amide bonds. The lowest BCUT2D eigenvalue weighted by Gasteiger charge is -2.19. The first-order valence-corrected chi connectivity index (χ1v) is 8.23. The molecule has 0 saturated heterocycles. The summed E-state index contributed by atoms with van der Waals surface area (Å²) in [6, 6.07) is 15.1. The van der Waals surface area contributed by atoms with E-state index in [1.54, 1.807) is 19.1 Å². The van der Waals surface area contributed by atoms with Crippen LogP contribution in [0.2, 0.25) is 0 Å². The molecule has 1 aliphatic heterocycles. The molecule has 0 spiro atoms. The maximum Gasteiger partial charge on any atom is 0.185 e. The van der Waals surface area contributed by atoms with Crippen LogP contribution in [0, 0.1) is 20.8 Å². The average molecular weight is 330 g/mol. The molecule has 1 N–H and O–H groups in total. The molecule has 0 unspecified atom stereocenters. The first-order valence-electron chi connectivity index (χ1n) is 8.23. The van der Waals surface area contributed by atoms with Crippen molar-refractivity contribution in [2.24, 2.45) is 0 Å². The lowest BCUT2D eigenvalue weighted by atomic mass is 9.89. The Morgan fingerprint density at radius 2 is 1.60 bits per heavy atom. The number of hydrogen-bond acceptors (Lipinski definition) is 3. The van der Waals surface area contributed by atoms with E-state index in [0.717, 1.165) is 27.6 Å². The molecule has 0 aromatic heterocycles. The minimum absolute atomic E-state index is 0.0517. The normalized spacial score (nSPS) is 11.3. The van der Waals surface area contributed by atoms with Crippen LogP contribution in [-0.4, -0.2) is 5.11 Å². The summed E-state index contributed by atoms with van der Waals surface area (Å²) in [5, 5.41) is 11.0. The van der Waals surface area contributed by atoms with Gasteiger partial charge in [-0.05, 0) is 56.2 Å². The SMILES string of the molecule is Cc1ccccc1-c1c2ccc(=O)c(C)c-2oc2c(C)c(O)ccc12. The van der Waals surface area contributed by atoms with E-state index in [2.05, 4.69) is 19.1 Å². The van der Waals surface area contributed by atoms with Crippen LogP contribution in [-0.2, 0) is 0 Å². The fraction of sp³-hybridized carbons (Fsp3) is 0.136. The monoisotopic (exact) mass is 330 g/mol. The Labute approximate surface area is 145 Å². The summed E-state index contributed by atoms with van der Waals surface area (Å²) in [6.07, 6.45) is 0. The highest BCUT2D eigenvalue weighted by Gasteiger charge is 2.22. The molecule has 0 saturated carbocycles. The molecule has 0 radical (unpaired) electrons. The largest absolute Gasteiger partial charge is 0.508 e. The molecule has 2 aliphatic rings. The van der Waals surface area contributed by atoms with Crippen molar-refractivity contribution in [2.75, 3.05) is 0 Å². The van der Waals surface area contributed by atoms with Crippen molar-refractivity contribution in [3.05, 3.63) is 75.4 Å². The number of aromatic hydroxyl groups is 1. The van der Waals surface area contributed by atoms with Gasteiger partial charge < -0.3 is 9.52 Å². The molecule has 0 bridgehead atoms. The molecule has 2 aromatic carbocycles. The number of benzene rings is 3. The van der Waals surface area contributed by atoms with Crippen LogP contribution in [0.4, 0.5) is 0 Å². The molecule has 2 aromatic rings. The summed E-state index contributed by atoms with van der Waals surface area (Å²) in [6.45, 7) is 5.67. The minimum atomic E-state index is -0.0517. The second-order valence-corrected chi connectivity index (χ2v) is 6.44. The van der Waals surface area contributed by atoms with Crippen molar-refractivity contribution in [1.82, 2.24) is 0 Å². The molecular formula is C22H18O3. The Hall–Kier alpha value is -3.07. The summed E-state index contributed by atoms with van der Waals surface area (Å²) in [5.74, 6) is 0.759. The zero-order chi connectivity index (χ0) is 17.7. The van der Waals surface area contributed by atoms with E-state index in [-0.39, 0.29) is 11.2 Å². The topological polar surface area (TPSA) is 50.4 Å². The van der Waals surface area contributed by atoms with Crippen LogP contribution in [0.1, 0.15) is 16.7 Å². The molecule has 4 rings (SSSR count). The summed E-state index contributed by atoms with van der Waals surface area (Å²) < 4.78 is 6.11. The van der Waals surface area contributed by atoms with Crippen molar-refractivity contribution in [2.45, 2.75) is 20.8 Å². The predicted molar refractivity (Wildman–Crippen MR) is 100 cm³/mol. The van der Waals surface area contributed by atoms with E-state index in [1.807, 2.05) is 31.2 Å². The molecule has 3 heteroatoms. The minimum Gasteiger partial charge on any atom is -0.508 e. The number of aryl methyl sites for hydroxylation is 2. The Kier molecular flexibility index (Phi) is 3.39. The maximum absolute atomic E-state index is 12.1. The van der Waals surface area contributed by atoms with Gasteiger partial charge in [-0.25, -0.2) is 0 Å². The van der Waals surface area contributed by atoms with Gasteiger partial charge in [0.15, 0.2) is 5.43 Å². The van der Waals surface area contributed by atoms with Crippen molar-refractivity contribution < 1.29 is 9.52 Å². The third kappa shape index (κ3) is 2.23. The van der Waals surface area contributed by atoms with Crippen molar-refractivity contribution in [3.63, 3.8) is 0 Å². The van der Waals surface area contributed by atoms with Gasteiger partial charge in [-0.3, -0.25) is 4.79 Å². The summed E-state index contributed by atoms with van der Waals surface area (Å²) in [7, 11) is 0. The number of fused-ring (bicyclic) bond motifs is 2. The van der Waals surface area contributed by atoms with E-state index < -0.39 is 0 Å². The van der Waals surface area contributed by atoms with Crippen LogP contribution in [0.5, 0.6) is 5.75 Å². The third-order valence-corrected chi connectivity index (χ3v) is 4.89. The van der Waals surface area contributed by atoms with Gasteiger partial charge in [0, 0.05) is 27.6 Å². The van der Waals surface area contributed by atoms with Crippen molar-refractivity contribution in [1.29, 1.82) is 0 Å². The molecular weight excluding hydrogens is 312 g/mol. The average Bonchev–Trinajstić information content (AvgIpc) is 2.61. The molecule has 25 heavy (non-hydrogen) atoms. The fourth-order valence-corrected chi connectivity index (χ4v) is 3.40. The van der Waals surface area contributed by atoms with Gasteiger partial charge in [0.2, 0.25) is 0 Å². The van der Waals surface area contributed by atoms with Gasteiger partial charge in [0.25, 0.3) is 0 Å². The molecule has 1 heterocycles. The van der Waals surface area contributed by atoms with Crippen LogP contribution in [0.3, 0.4) is 0 Å². The van der Waals surface area contributed by atoms with Crippen LogP contribution >= 0.6 is 0 Å². The van der Waals surface area contributed by atoms with Gasteiger partial charge in [-0.2, -0.15) is 0 Å². The standard InChI is InChI=1S/C22H18O3/c1-12-6-4-5-7-15(12)20-16-8-10-18(23)13(2)21(16)25-22-14(3)19(24)11-9-17(20)22/h4-11,23H,1-3H3. The molecule has 0 atom stereocenters. The summed E-state index contributed by atoms with van der Waals surface area (Å²) in [5.41, 5.74) is 5.98. The Balaban J connectivity index is 2.30. The van der Waals surface area contributed by atoms with E-state index in [9.17, 15) is 9.90 Å². The third-order valence-electron chi connectivity index (χ3n) is 4.89. The lowest BCUT2D eigenvalue weighted by molar-refractivity contribution is 0.469. The van der Waals surface area contributed by atoms with Crippen LogP contribution < -0.4 is 5.43 Å². The van der Waals surface area contributed by atoms with Gasteiger partial charge in [0.05, 0.1) is 0 Å². The zero-order valence-corrected chi connectivity index (χ0v) is 14.4. The lowest BCUT2D eigenvalue weighted by Crippen LogP contribution is -2.07. The van der Waals surface area contributed by atoms with Crippen LogP contribution in [0.15, 0.2) is 57.7 Å².